The Morgan fingerprint density at radius 3 is 2.75 bits per heavy atom. The van der Waals surface area contributed by atoms with Gasteiger partial charge >= 0.3 is 0 Å². The zero-order valence-corrected chi connectivity index (χ0v) is 16.4. The van der Waals surface area contributed by atoms with Gasteiger partial charge in [-0.1, -0.05) is 44.7 Å². The van der Waals surface area contributed by atoms with E-state index in [1.165, 1.54) is 43.4 Å². The minimum Gasteiger partial charge on any atom is -0.224 e. The number of hydrogen-bond donors (Lipinski definition) is 1. The fraction of sp³-hybridized carbons (Fsp3) is 0.588. The van der Waals surface area contributed by atoms with Crippen molar-refractivity contribution in [3.63, 3.8) is 0 Å². The van der Waals surface area contributed by atoms with Gasteiger partial charge in [0.15, 0.2) is 0 Å². The van der Waals surface area contributed by atoms with E-state index in [1.807, 2.05) is 24.3 Å². The molecule has 0 saturated heterocycles. The van der Waals surface area contributed by atoms with Gasteiger partial charge in [0.05, 0.1) is 15.6 Å². The Labute approximate surface area is 152 Å². The zero-order chi connectivity index (χ0) is 17.0. The van der Waals surface area contributed by atoms with Gasteiger partial charge in [-0.3, -0.25) is 0 Å². The average Bonchev–Trinajstić information content (AvgIpc) is 3.01. The summed E-state index contributed by atoms with van der Waals surface area (Å²) in [5, 5.41) is 0.517. The Kier molecular flexibility index (Phi) is 6.18. The summed E-state index contributed by atoms with van der Waals surface area (Å²) < 4.78 is 29.5. The zero-order valence-electron chi connectivity index (χ0n) is 13.9. The number of thioether (sulfide) groups is 1. The fourth-order valence-electron chi connectivity index (χ4n) is 3.04. The third-order valence-electron chi connectivity index (χ3n) is 4.25. The van der Waals surface area contributed by atoms with Crippen LogP contribution in [0.1, 0.15) is 51.9 Å². The molecule has 0 amide bonds. The van der Waals surface area contributed by atoms with Crippen LogP contribution in [0.3, 0.4) is 0 Å². The van der Waals surface area contributed by atoms with E-state index in [4.69, 9.17) is 0 Å². The number of aromatic nitrogens is 1. The molecule has 1 aromatic carbocycles. The summed E-state index contributed by atoms with van der Waals surface area (Å²) in [7, 11) is -3.56. The Hall–Kier alpha value is -0.630. The van der Waals surface area contributed by atoms with Crippen molar-refractivity contribution in [1.82, 2.24) is 9.71 Å². The van der Waals surface area contributed by atoms with E-state index >= 15 is 0 Å². The first kappa shape index (κ1) is 18.2. The molecule has 0 radical (unpaired) electrons. The summed E-state index contributed by atoms with van der Waals surface area (Å²) in [6.07, 6.45) is 8.06. The molecular formula is C17H24N2O2S3. The molecule has 1 heterocycles. The Morgan fingerprint density at radius 1 is 1.29 bits per heavy atom. The van der Waals surface area contributed by atoms with Crippen molar-refractivity contribution in [3.05, 3.63) is 24.3 Å². The van der Waals surface area contributed by atoms with Crippen molar-refractivity contribution in [2.24, 2.45) is 0 Å². The van der Waals surface area contributed by atoms with Crippen LogP contribution in [0.25, 0.3) is 10.2 Å². The Bertz CT molecular complexity index is 734. The molecule has 1 fully saturated rings. The minimum absolute atomic E-state index is 0.0601. The number of thiazole rings is 1. The number of rotatable bonds is 7. The number of sulfonamides is 1. The molecule has 1 unspecified atom stereocenters. The predicted molar refractivity (Wildman–Crippen MR) is 103 cm³/mol. The lowest BCUT2D eigenvalue weighted by molar-refractivity contribution is 0.512. The highest BCUT2D eigenvalue weighted by Gasteiger charge is 2.26. The Balaban J connectivity index is 1.74. The van der Waals surface area contributed by atoms with Crippen molar-refractivity contribution >= 4 is 43.3 Å². The summed E-state index contributed by atoms with van der Waals surface area (Å²) in [5.41, 5.74) is 0.745. The third kappa shape index (κ3) is 4.50. The highest BCUT2D eigenvalue weighted by Crippen LogP contribution is 2.33. The van der Waals surface area contributed by atoms with E-state index < -0.39 is 10.0 Å². The molecule has 3 rings (SSSR count). The minimum atomic E-state index is -3.56. The first-order valence-corrected chi connectivity index (χ1v) is 11.9. The molecule has 1 aliphatic carbocycles. The smallest absolute Gasteiger partial charge is 0.224 e. The van der Waals surface area contributed by atoms with E-state index in [1.54, 1.807) is 11.8 Å². The quantitative estimate of drug-likeness (QED) is 0.699. The van der Waals surface area contributed by atoms with Crippen LogP contribution in [0, 0.1) is 0 Å². The molecule has 1 aromatic heterocycles. The lowest BCUT2D eigenvalue weighted by atomic mass is 10.0. The third-order valence-corrected chi connectivity index (χ3v) is 8.82. The molecule has 1 saturated carbocycles. The monoisotopic (exact) mass is 384 g/mol. The first-order valence-electron chi connectivity index (χ1n) is 8.62. The molecule has 1 aliphatic rings. The molecule has 0 bridgehead atoms. The molecule has 0 aliphatic heterocycles. The van der Waals surface area contributed by atoms with Gasteiger partial charge in [0, 0.05) is 5.25 Å². The summed E-state index contributed by atoms with van der Waals surface area (Å²) in [6.45, 7) is 2.10. The molecule has 132 valence electrons. The van der Waals surface area contributed by atoms with Gasteiger partial charge in [0.25, 0.3) is 10.0 Å². The van der Waals surface area contributed by atoms with Gasteiger partial charge in [-0.2, -0.15) is 4.72 Å². The van der Waals surface area contributed by atoms with Crippen molar-refractivity contribution in [1.29, 1.82) is 0 Å². The largest absolute Gasteiger partial charge is 0.268 e. The summed E-state index contributed by atoms with van der Waals surface area (Å²) >= 11 is 3.04. The van der Waals surface area contributed by atoms with Crippen LogP contribution in [-0.2, 0) is 10.0 Å². The van der Waals surface area contributed by atoms with E-state index in [0.29, 0.717) is 5.25 Å². The second-order valence-electron chi connectivity index (χ2n) is 6.24. The van der Waals surface area contributed by atoms with E-state index in [-0.39, 0.29) is 9.71 Å². The highest BCUT2D eigenvalue weighted by atomic mass is 32.2. The number of para-hydroxylation sites is 1. The van der Waals surface area contributed by atoms with Crippen LogP contribution in [-0.4, -0.2) is 24.0 Å². The number of fused-ring (bicyclic) bond motifs is 1. The molecular weight excluding hydrogens is 360 g/mol. The topological polar surface area (TPSA) is 59.1 Å². The number of nitrogens with one attached hydrogen (secondary N) is 1. The van der Waals surface area contributed by atoms with Crippen LogP contribution in [0.2, 0.25) is 0 Å². The summed E-state index contributed by atoms with van der Waals surface area (Å²) in [5.74, 6) is 0. The SMILES string of the molecule is CCCC(NS(=O)(=O)c1nc2ccccc2s1)SC1CCCCC1. The van der Waals surface area contributed by atoms with Crippen LogP contribution < -0.4 is 4.72 Å². The fourth-order valence-corrected chi connectivity index (χ4v) is 7.42. The van der Waals surface area contributed by atoms with Crippen LogP contribution in [0.4, 0.5) is 0 Å². The van der Waals surface area contributed by atoms with E-state index in [0.717, 1.165) is 23.1 Å². The summed E-state index contributed by atoms with van der Waals surface area (Å²) in [4.78, 5) is 4.30. The van der Waals surface area contributed by atoms with Gasteiger partial charge < -0.3 is 0 Å². The molecule has 2 aromatic rings. The molecule has 1 N–H and O–H groups in total. The molecule has 7 heteroatoms. The van der Waals surface area contributed by atoms with Crippen LogP contribution in [0.5, 0.6) is 0 Å². The van der Waals surface area contributed by atoms with Gasteiger partial charge in [-0.25, -0.2) is 13.4 Å². The maximum Gasteiger partial charge on any atom is 0.268 e. The molecule has 24 heavy (non-hydrogen) atoms. The van der Waals surface area contributed by atoms with Gasteiger partial charge in [0.2, 0.25) is 4.34 Å². The van der Waals surface area contributed by atoms with Crippen molar-refractivity contribution < 1.29 is 8.42 Å². The number of nitrogens with zero attached hydrogens (tertiary/aromatic N) is 1. The van der Waals surface area contributed by atoms with E-state index in [9.17, 15) is 8.42 Å². The number of benzene rings is 1. The Morgan fingerprint density at radius 2 is 2.04 bits per heavy atom. The number of hydrogen-bond acceptors (Lipinski definition) is 5. The molecule has 0 spiro atoms. The van der Waals surface area contributed by atoms with E-state index in [2.05, 4.69) is 16.6 Å². The lowest BCUT2D eigenvalue weighted by Crippen LogP contribution is -2.34. The molecule has 4 nitrogen and oxygen atoms in total. The van der Waals surface area contributed by atoms with Crippen LogP contribution >= 0.6 is 23.1 Å². The van der Waals surface area contributed by atoms with Crippen molar-refractivity contribution in [3.8, 4) is 0 Å². The second-order valence-corrected chi connectivity index (χ2v) is 10.7. The summed E-state index contributed by atoms with van der Waals surface area (Å²) in [6, 6.07) is 7.55. The first-order chi connectivity index (χ1) is 11.6. The van der Waals surface area contributed by atoms with Gasteiger partial charge in [-0.05, 0) is 31.4 Å². The second kappa shape index (κ2) is 8.17. The normalized spacial score (nSPS) is 18.0. The van der Waals surface area contributed by atoms with Crippen molar-refractivity contribution in [2.45, 2.75) is 66.8 Å². The highest BCUT2D eigenvalue weighted by molar-refractivity contribution is 8.01. The van der Waals surface area contributed by atoms with Crippen LogP contribution in [0.15, 0.2) is 28.6 Å². The average molecular weight is 385 g/mol. The van der Waals surface area contributed by atoms with Gasteiger partial charge in [-0.15, -0.1) is 23.1 Å². The standard InChI is InChI=1S/C17H24N2O2S3/c1-2-8-16(22-13-9-4-3-5-10-13)19-24(20,21)17-18-14-11-6-7-12-15(14)23-17/h6-7,11-13,16,19H,2-5,8-10H2,1H3. The maximum atomic E-state index is 12.8. The maximum absolute atomic E-state index is 12.8. The predicted octanol–water partition coefficient (Wildman–Crippen LogP) is 4.77. The lowest BCUT2D eigenvalue weighted by Gasteiger charge is -2.26. The molecule has 1 atom stereocenters. The van der Waals surface area contributed by atoms with Crippen molar-refractivity contribution in [2.75, 3.05) is 0 Å². The van der Waals surface area contributed by atoms with Gasteiger partial charge in [0.1, 0.15) is 0 Å².